The Morgan fingerprint density at radius 3 is 2.17 bits per heavy atom. The summed E-state index contributed by atoms with van der Waals surface area (Å²) in [4.78, 5) is 17.3. The fourth-order valence-electron chi connectivity index (χ4n) is 3.89. The van der Waals surface area contributed by atoms with Gasteiger partial charge >= 0.3 is 5.97 Å². The van der Waals surface area contributed by atoms with Gasteiger partial charge in [0.2, 0.25) is 11.6 Å². The number of carbonyl (C=O) groups is 1. The molecule has 0 N–H and O–H groups in total. The molecule has 7 nitrogen and oxygen atoms in total. The van der Waals surface area contributed by atoms with Crippen LogP contribution in [0.15, 0.2) is 77.4 Å². The van der Waals surface area contributed by atoms with Crippen molar-refractivity contribution in [3.63, 3.8) is 0 Å². The highest BCUT2D eigenvalue weighted by molar-refractivity contribution is 6.15. The van der Waals surface area contributed by atoms with Gasteiger partial charge in [0.1, 0.15) is 17.3 Å². The quantitative estimate of drug-likeness (QED) is 0.384. The summed E-state index contributed by atoms with van der Waals surface area (Å²) in [5.41, 5.74) is 2.45. The first-order valence-electron chi connectivity index (χ1n) is 10.6. The summed E-state index contributed by atoms with van der Waals surface area (Å²) in [5.74, 6) is 1.44. The highest BCUT2D eigenvalue weighted by Gasteiger charge is 2.31. The first kappa shape index (κ1) is 22.2. The molecule has 0 amide bonds. The molecule has 0 atom stereocenters. The lowest BCUT2D eigenvalue weighted by atomic mass is 9.97. The second kappa shape index (κ2) is 8.98. The molecule has 2 heterocycles. The van der Waals surface area contributed by atoms with Crippen LogP contribution in [0, 0.1) is 5.82 Å². The number of benzene rings is 3. The Labute approximate surface area is 200 Å². The predicted molar refractivity (Wildman–Crippen MR) is 127 cm³/mol. The van der Waals surface area contributed by atoms with Crippen LogP contribution in [0.1, 0.15) is 16.7 Å². The number of ether oxygens (including phenoxy) is 5. The summed E-state index contributed by atoms with van der Waals surface area (Å²) in [6.45, 7) is 0. The molecule has 0 fully saturated rings. The van der Waals surface area contributed by atoms with E-state index in [1.165, 1.54) is 45.6 Å². The molecule has 0 radical (unpaired) electrons. The fraction of sp³-hybridized carbons (Fsp3) is 0.111. The second-order valence-corrected chi connectivity index (χ2v) is 7.60. The summed E-state index contributed by atoms with van der Waals surface area (Å²) < 4.78 is 41.3. The Balaban J connectivity index is 1.67. The second-order valence-electron chi connectivity index (χ2n) is 7.60. The molecule has 2 aliphatic heterocycles. The summed E-state index contributed by atoms with van der Waals surface area (Å²) in [7, 11) is 4.58. The van der Waals surface area contributed by atoms with Crippen LogP contribution in [0.4, 0.5) is 4.39 Å². The topological polar surface area (TPSA) is 75.6 Å². The van der Waals surface area contributed by atoms with Crippen LogP contribution in [-0.2, 0) is 9.53 Å². The average Bonchev–Trinajstić information content (AvgIpc) is 3.28. The van der Waals surface area contributed by atoms with E-state index in [9.17, 15) is 9.18 Å². The summed E-state index contributed by atoms with van der Waals surface area (Å²) in [6.07, 6.45) is 1.72. The molecule has 8 heteroatoms. The molecular weight excluding hydrogens is 453 g/mol. The van der Waals surface area contributed by atoms with Crippen LogP contribution in [0.25, 0.3) is 11.3 Å². The van der Waals surface area contributed by atoms with Gasteiger partial charge in [-0.3, -0.25) is 0 Å². The van der Waals surface area contributed by atoms with Crippen molar-refractivity contribution in [3.05, 3.63) is 94.9 Å². The number of aliphatic imine (C=N–C) groups is 1. The third-order valence-electron chi connectivity index (χ3n) is 5.56. The monoisotopic (exact) mass is 473 g/mol. The minimum atomic E-state index is -0.614. The third kappa shape index (κ3) is 3.99. The Hall–Kier alpha value is -4.59. The van der Waals surface area contributed by atoms with Crippen LogP contribution in [0.2, 0.25) is 0 Å². The number of hydrogen-bond acceptors (Lipinski definition) is 7. The van der Waals surface area contributed by atoms with E-state index >= 15 is 0 Å². The number of para-hydroxylation sites is 1. The van der Waals surface area contributed by atoms with Crippen LogP contribution in [0.5, 0.6) is 23.0 Å². The van der Waals surface area contributed by atoms with Gasteiger partial charge in [-0.25, -0.2) is 14.2 Å². The smallest absolute Gasteiger partial charge is 0.364 e. The van der Waals surface area contributed by atoms with E-state index in [4.69, 9.17) is 23.7 Å². The Kier molecular flexibility index (Phi) is 5.70. The van der Waals surface area contributed by atoms with Gasteiger partial charge in [-0.1, -0.05) is 18.2 Å². The zero-order valence-corrected chi connectivity index (χ0v) is 19.1. The molecule has 2 aliphatic rings. The predicted octanol–water partition coefficient (Wildman–Crippen LogP) is 5.00. The Morgan fingerprint density at radius 2 is 1.51 bits per heavy atom. The lowest BCUT2D eigenvalue weighted by Gasteiger charge is -2.22. The SMILES string of the molecule is COc1cc(C2=CC(=C3N=C(c4ccc(F)cc4)OC3=O)c3ccccc3O2)cc(OC)c1OC. The summed E-state index contributed by atoms with van der Waals surface area (Å²) in [6, 6.07) is 16.4. The maximum absolute atomic E-state index is 13.3. The summed E-state index contributed by atoms with van der Waals surface area (Å²) >= 11 is 0. The van der Waals surface area contributed by atoms with Crippen molar-refractivity contribution in [2.45, 2.75) is 0 Å². The van der Waals surface area contributed by atoms with Gasteiger partial charge in [-0.15, -0.1) is 0 Å². The van der Waals surface area contributed by atoms with Crippen LogP contribution >= 0.6 is 0 Å². The molecule has 0 aromatic heterocycles. The van der Waals surface area contributed by atoms with Crippen molar-refractivity contribution in [2.24, 2.45) is 4.99 Å². The zero-order valence-electron chi connectivity index (χ0n) is 19.1. The van der Waals surface area contributed by atoms with Crippen molar-refractivity contribution in [1.82, 2.24) is 0 Å². The molecular formula is C27H20FNO6. The van der Waals surface area contributed by atoms with Crippen molar-refractivity contribution in [3.8, 4) is 23.0 Å². The van der Waals surface area contributed by atoms with E-state index in [1.807, 2.05) is 18.2 Å². The average molecular weight is 473 g/mol. The molecule has 35 heavy (non-hydrogen) atoms. The van der Waals surface area contributed by atoms with Crippen molar-refractivity contribution < 1.29 is 32.9 Å². The van der Waals surface area contributed by atoms with Gasteiger partial charge in [0.15, 0.2) is 17.2 Å². The van der Waals surface area contributed by atoms with Crippen LogP contribution in [-0.4, -0.2) is 33.2 Å². The molecule has 0 unspecified atom stereocenters. The highest BCUT2D eigenvalue weighted by Crippen LogP contribution is 2.44. The first-order chi connectivity index (χ1) is 17.0. The van der Waals surface area contributed by atoms with Crippen LogP contribution < -0.4 is 18.9 Å². The lowest BCUT2D eigenvalue weighted by molar-refractivity contribution is -0.129. The van der Waals surface area contributed by atoms with E-state index in [-0.39, 0.29) is 11.6 Å². The van der Waals surface area contributed by atoms with E-state index in [0.717, 1.165) is 0 Å². The number of hydrogen-bond donors (Lipinski definition) is 0. The number of rotatable bonds is 5. The Bertz CT molecular complexity index is 1400. The fourth-order valence-corrected chi connectivity index (χ4v) is 3.89. The van der Waals surface area contributed by atoms with Gasteiger partial charge in [0.25, 0.3) is 0 Å². The van der Waals surface area contributed by atoms with Gasteiger partial charge in [-0.05, 0) is 48.5 Å². The molecule has 5 rings (SSSR count). The normalized spacial score (nSPS) is 16.5. The number of esters is 1. The lowest BCUT2D eigenvalue weighted by Crippen LogP contribution is -2.09. The maximum Gasteiger partial charge on any atom is 0.364 e. The number of allylic oxidation sites excluding steroid dienone is 2. The Morgan fingerprint density at radius 1 is 0.829 bits per heavy atom. The number of methoxy groups -OCH3 is 3. The van der Waals surface area contributed by atoms with Crippen molar-refractivity contribution in [1.29, 1.82) is 0 Å². The number of cyclic esters (lactones) is 1. The van der Waals surface area contributed by atoms with Gasteiger partial charge in [0.05, 0.1) is 21.3 Å². The van der Waals surface area contributed by atoms with E-state index in [0.29, 0.717) is 51.0 Å². The molecule has 0 saturated carbocycles. The molecule has 3 aromatic rings. The third-order valence-corrected chi connectivity index (χ3v) is 5.56. The molecule has 3 aromatic carbocycles. The number of fused-ring (bicyclic) bond motifs is 1. The van der Waals surface area contributed by atoms with Gasteiger partial charge < -0.3 is 23.7 Å². The molecule has 0 bridgehead atoms. The van der Waals surface area contributed by atoms with Crippen molar-refractivity contribution >= 4 is 23.2 Å². The highest BCUT2D eigenvalue weighted by atomic mass is 19.1. The number of halogens is 1. The molecule has 0 saturated heterocycles. The number of nitrogens with zero attached hydrogens (tertiary/aromatic N) is 1. The van der Waals surface area contributed by atoms with Crippen molar-refractivity contribution in [2.75, 3.05) is 21.3 Å². The summed E-state index contributed by atoms with van der Waals surface area (Å²) in [5, 5.41) is 0. The maximum atomic E-state index is 13.3. The van der Waals surface area contributed by atoms with E-state index in [2.05, 4.69) is 4.99 Å². The largest absolute Gasteiger partial charge is 0.493 e. The van der Waals surface area contributed by atoms with Gasteiger partial charge in [0, 0.05) is 22.3 Å². The minimum absolute atomic E-state index is 0.101. The molecule has 0 aliphatic carbocycles. The van der Waals surface area contributed by atoms with Crippen LogP contribution in [0.3, 0.4) is 0 Å². The minimum Gasteiger partial charge on any atom is -0.493 e. The van der Waals surface area contributed by atoms with Gasteiger partial charge in [-0.2, -0.15) is 0 Å². The first-order valence-corrected chi connectivity index (χ1v) is 10.6. The molecule has 0 spiro atoms. The zero-order chi connectivity index (χ0) is 24.5. The standard InChI is InChI=1S/C27H20FNO6/c1-31-22-12-16(13-23(32-2)25(22)33-3)21-14-19(18-6-4-5-7-20(18)34-21)24-27(30)35-26(29-24)15-8-10-17(28)11-9-15/h4-14H,1-3H3. The number of carbonyl (C=O) groups excluding carboxylic acids is 1. The van der Waals surface area contributed by atoms with E-state index in [1.54, 1.807) is 24.3 Å². The molecule has 176 valence electrons. The van der Waals surface area contributed by atoms with E-state index < -0.39 is 11.8 Å².